The van der Waals surface area contributed by atoms with Gasteiger partial charge < -0.3 is 9.84 Å². The fraction of sp³-hybridized carbons (Fsp3) is 0.133. The van der Waals surface area contributed by atoms with Gasteiger partial charge in [-0.05, 0) is 42.2 Å². The van der Waals surface area contributed by atoms with E-state index >= 15 is 0 Å². The Hall–Kier alpha value is -1.94. The van der Waals surface area contributed by atoms with E-state index in [4.69, 9.17) is 9.84 Å². The van der Waals surface area contributed by atoms with E-state index in [9.17, 15) is 4.79 Å². The molecule has 0 saturated carbocycles. The first-order valence-corrected chi connectivity index (χ1v) is 6.94. The van der Waals surface area contributed by atoms with Gasteiger partial charge in [-0.15, -0.1) is 11.8 Å². The summed E-state index contributed by atoms with van der Waals surface area (Å²) in [6.45, 7) is 0. The Kier molecular flexibility index (Phi) is 4.12. The highest BCUT2D eigenvalue weighted by Crippen LogP contribution is 2.31. The van der Waals surface area contributed by atoms with Gasteiger partial charge in [-0.2, -0.15) is 0 Å². The van der Waals surface area contributed by atoms with Gasteiger partial charge in [-0.1, -0.05) is 12.1 Å². The summed E-state index contributed by atoms with van der Waals surface area (Å²) in [7, 11) is 1.54. The Morgan fingerprint density at radius 1 is 1.16 bits per heavy atom. The van der Waals surface area contributed by atoms with Crippen molar-refractivity contribution < 1.29 is 14.6 Å². The molecule has 0 fully saturated rings. The number of hydrogen-bond acceptors (Lipinski definition) is 3. The largest absolute Gasteiger partial charge is 0.496 e. The molecule has 3 nitrogen and oxygen atoms in total. The molecular formula is C15H14O3S. The number of aromatic carboxylic acids is 1. The number of carbonyl (C=O) groups is 1. The highest BCUT2D eigenvalue weighted by Gasteiger charge is 2.10. The Bertz CT molecular complexity index is 591. The lowest BCUT2D eigenvalue weighted by molar-refractivity contribution is 0.0696. The quantitative estimate of drug-likeness (QED) is 0.862. The number of hydrogen-bond donors (Lipinski definition) is 1. The number of benzene rings is 2. The van der Waals surface area contributed by atoms with E-state index in [-0.39, 0.29) is 5.56 Å². The summed E-state index contributed by atoms with van der Waals surface area (Å²) in [4.78, 5) is 12.1. The Labute approximate surface area is 116 Å². The SMILES string of the molecule is COc1cc(C(=O)O)ccc1-c1ccc(SC)cc1. The average molecular weight is 274 g/mol. The number of methoxy groups -OCH3 is 1. The molecule has 0 aliphatic heterocycles. The van der Waals surface area contributed by atoms with Gasteiger partial charge in [-0.3, -0.25) is 0 Å². The van der Waals surface area contributed by atoms with E-state index < -0.39 is 5.97 Å². The molecule has 0 unspecified atom stereocenters. The topological polar surface area (TPSA) is 46.5 Å². The zero-order valence-electron chi connectivity index (χ0n) is 10.7. The summed E-state index contributed by atoms with van der Waals surface area (Å²) in [5.41, 5.74) is 2.12. The second kappa shape index (κ2) is 5.80. The molecule has 19 heavy (non-hydrogen) atoms. The third kappa shape index (κ3) is 2.90. The van der Waals surface area contributed by atoms with Crippen LogP contribution in [0.4, 0.5) is 0 Å². The minimum absolute atomic E-state index is 0.223. The highest BCUT2D eigenvalue weighted by atomic mass is 32.2. The molecule has 0 saturated heterocycles. The third-order valence-electron chi connectivity index (χ3n) is 2.85. The average Bonchev–Trinajstić information content (AvgIpc) is 2.46. The standard InChI is InChI=1S/C15H14O3S/c1-18-14-9-11(15(16)17)5-8-13(14)10-3-6-12(19-2)7-4-10/h3-9H,1-2H3,(H,16,17). The number of ether oxygens (including phenoxy) is 1. The van der Waals surface area contributed by atoms with Gasteiger partial charge in [0, 0.05) is 10.5 Å². The van der Waals surface area contributed by atoms with Crippen LogP contribution in [-0.4, -0.2) is 24.4 Å². The first-order chi connectivity index (χ1) is 9.15. The summed E-state index contributed by atoms with van der Waals surface area (Å²) in [6, 6.07) is 13.0. The lowest BCUT2D eigenvalue weighted by Gasteiger charge is -2.10. The molecule has 2 aromatic carbocycles. The van der Waals surface area contributed by atoms with E-state index in [1.807, 2.05) is 30.5 Å². The molecule has 0 radical (unpaired) electrons. The highest BCUT2D eigenvalue weighted by molar-refractivity contribution is 7.98. The molecule has 0 atom stereocenters. The van der Waals surface area contributed by atoms with Crippen molar-refractivity contribution in [3.8, 4) is 16.9 Å². The van der Waals surface area contributed by atoms with Gasteiger partial charge in [0.1, 0.15) is 5.75 Å². The van der Waals surface area contributed by atoms with E-state index in [0.29, 0.717) is 5.75 Å². The molecule has 0 aliphatic rings. The maximum atomic E-state index is 10.9. The van der Waals surface area contributed by atoms with Gasteiger partial charge in [0.2, 0.25) is 0 Å². The Morgan fingerprint density at radius 3 is 2.37 bits per heavy atom. The van der Waals surface area contributed by atoms with Crippen LogP contribution in [0.5, 0.6) is 5.75 Å². The van der Waals surface area contributed by atoms with Crippen molar-refractivity contribution >= 4 is 17.7 Å². The molecule has 2 aromatic rings. The van der Waals surface area contributed by atoms with E-state index in [1.165, 1.54) is 4.90 Å². The van der Waals surface area contributed by atoms with Crippen LogP contribution in [0.15, 0.2) is 47.4 Å². The molecule has 4 heteroatoms. The van der Waals surface area contributed by atoms with Crippen LogP contribution in [-0.2, 0) is 0 Å². The van der Waals surface area contributed by atoms with Crippen molar-refractivity contribution in [1.82, 2.24) is 0 Å². The number of thioether (sulfide) groups is 1. The van der Waals surface area contributed by atoms with E-state index in [2.05, 4.69) is 0 Å². The van der Waals surface area contributed by atoms with Crippen LogP contribution in [0, 0.1) is 0 Å². The second-order valence-electron chi connectivity index (χ2n) is 3.95. The van der Waals surface area contributed by atoms with Gasteiger partial charge in [-0.25, -0.2) is 4.79 Å². The van der Waals surface area contributed by atoms with Gasteiger partial charge >= 0.3 is 5.97 Å². The molecule has 0 aromatic heterocycles. The zero-order chi connectivity index (χ0) is 13.8. The first-order valence-electron chi connectivity index (χ1n) is 5.71. The van der Waals surface area contributed by atoms with Crippen molar-refractivity contribution in [3.63, 3.8) is 0 Å². The number of carboxylic acids is 1. The van der Waals surface area contributed by atoms with Crippen LogP contribution < -0.4 is 4.74 Å². The zero-order valence-corrected chi connectivity index (χ0v) is 11.5. The van der Waals surface area contributed by atoms with Crippen LogP contribution >= 0.6 is 11.8 Å². The molecule has 0 spiro atoms. The summed E-state index contributed by atoms with van der Waals surface area (Å²) in [6.07, 6.45) is 2.03. The Balaban J connectivity index is 2.45. The van der Waals surface area contributed by atoms with Gasteiger partial charge in [0.05, 0.1) is 12.7 Å². The third-order valence-corrected chi connectivity index (χ3v) is 3.59. The summed E-state index contributed by atoms with van der Waals surface area (Å²) in [5.74, 6) is -0.389. The van der Waals surface area contributed by atoms with E-state index in [1.54, 1.807) is 37.1 Å². The Morgan fingerprint density at radius 2 is 1.84 bits per heavy atom. The van der Waals surface area contributed by atoms with E-state index in [0.717, 1.165) is 11.1 Å². The van der Waals surface area contributed by atoms with Crippen LogP contribution in [0.3, 0.4) is 0 Å². The molecular weight excluding hydrogens is 260 g/mol. The fourth-order valence-electron chi connectivity index (χ4n) is 1.83. The first kappa shape index (κ1) is 13.5. The normalized spacial score (nSPS) is 10.2. The van der Waals surface area contributed by atoms with Gasteiger partial charge in [0.15, 0.2) is 0 Å². The molecule has 0 heterocycles. The monoisotopic (exact) mass is 274 g/mol. The second-order valence-corrected chi connectivity index (χ2v) is 4.83. The predicted molar refractivity (Wildman–Crippen MR) is 77.2 cm³/mol. The molecule has 1 N–H and O–H groups in total. The summed E-state index contributed by atoms with van der Waals surface area (Å²) in [5, 5.41) is 8.98. The van der Waals surface area contributed by atoms with Crippen LogP contribution in [0.1, 0.15) is 10.4 Å². The van der Waals surface area contributed by atoms with Crippen molar-refractivity contribution in [2.75, 3.05) is 13.4 Å². The maximum absolute atomic E-state index is 10.9. The number of rotatable bonds is 4. The lowest BCUT2D eigenvalue weighted by Crippen LogP contribution is -1.98. The predicted octanol–water partition coefficient (Wildman–Crippen LogP) is 3.78. The van der Waals surface area contributed by atoms with Crippen molar-refractivity contribution in [3.05, 3.63) is 48.0 Å². The van der Waals surface area contributed by atoms with Crippen LogP contribution in [0.25, 0.3) is 11.1 Å². The smallest absolute Gasteiger partial charge is 0.335 e. The molecule has 2 rings (SSSR count). The van der Waals surface area contributed by atoms with Gasteiger partial charge in [0.25, 0.3) is 0 Å². The number of carboxylic acid groups (broad SMARTS) is 1. The molecule has 98 valence electrons. The summed E-state index contributed by atoms with van der Waals surface area (Å²) < 4.78 is 5.28. The molecule has 0 aliphatic carbocycles. The lowest BCUT2D eigenvalue weighted by atomic mass is 10.0. The fourth-order valence-corrected chi connectivity index (χ4v) is 2.24. The van der Waals surface area contributed by atoms with Crippen molar-refractivity contribution in [2.24, 2.45) is 0 Å². The van der Waals surface area contributed by atoms with Crippen LogP contribution in [0.2, 0.25) is 0 Å². The minimum Gasteiger partial charge on any atom is -0.496 e. The maximum Gasteiger partial charge on any atom is 0.335 e. The molecule has 0 bridgehead atoms. The van der Waals surface area contributed by atoms with Crippen molar-refractivity contribution in [2.45, 2.75) is 4.90 Å². The minimum atomic E-state index is -0.956. The van der Waals surface area contributed by atoms with Crippen molar-refractivity contribution in [1.29, 1.82) is 0 Å². The molecule has 0 amide bonds. The summed E-state index contributed by atoms with van der Waals surface area (Å²) >= 11 is 1.68.